The van der Waals surface area contributed by atoms with Gasteiger partial charge in [-0.25, -0.2) is 0 Å². The van der Waals surface area contributed by atoms with E-state index in [0.29, 0.717) is 12.5 Å². The zero-order chi connectivity index (χ0) is 13.8. The highest BCUT2D eigenvalue weighted by Gasteiger charge is 2.20. The Labute approximate surface area is 117 Å². The van der Waals surface area contributed by atoms with Gasteiger partial charge in [0.25, 0.3) is 5.69 Å². The van der Waals surface area contributed by atoms with E-state index in [1.165, 1.54) is 18.9 Å². The number of ether oxygens (including phenoxy) is 1. The van der Waals surface area contributed by atoms with Crippen LogP contribution in [0, 0.1) is 16.0 Å². The topological polar surface area (TPSA) is 52.4 Å². The molecule has 2 unspecified atom stereocenters. The molecule has 0 amide bonds. The Morgan fingerprint density at radius 1 is 1.47 bits per heavy atom. The van der Waals surface area contributed by atoms with Crippen molar-refractivity contribution in [3.8, 4) is 0 Å². The molecule has 4 nitrogen and oxygen atoms in total. The summed E-state index contributed by atoms with van der Waals surface area (Å²) in [6.45, 7) is 2.65. The normalized spacial score (nSPS) is 23.3. The zero-order valence-corrected chi connectivity index (χ0v) is 11.7. The zero-order valence-electron chi connectivity index (χ0n) is 11.0. The highest BCUT2D eigenvalue weighted by atomic mass is 35.5. The van der Waals surface area contributed by atoms with Crippen LogP contribution in [-0.2, 0) is 11.3 Å². The van der Waals surface area contributed by atoms with Crippen LogP contribution in [0.4, 0.5) is 5.69 Å². The van der Waals surface area contributed by atoms with Crippen LogP contribution in [0.25, 0.3) is 0 Å². The maximum Gasteiger partial charge on any atom is 0.288 e. The monoisotopic (exact) mass is 283 g/mol. The van der Waals surface area contributed by atoms with Crippen molar-refractivity contribution in [3.63, 3.8) is 0 Å². The molecule has 0 heterocycles. The van der Waals surface area contributed by atoms with E-state index in [1.54, 1.807) is 12.1 Å². The average molecular weight is 284 g/mol. The number of halogens is 1. The van der Waals surface area contributed by atoms with E-state index in [9.17, 15) is 10.1 Å². The molecule has 1 aromatic carbocycles. The molecule has 1 saturated carbocycles. The maximum absolute atomic E-state index is 10.8. The van der Waals surface area contributed by atoms with Crippen LogP contribution >= 0.6 is 11.6 Å². The Balaban J connectivity index is 1.96. The Kier molecular flexibility index (Phi) is 4.77. The number of hydrogen-bond acceptors (Lipinski definition) is 3. The van der Waals surface area contributed by atoms with Gasteiger partial charge in [-0.3, -0.25) is 10.1 Å². The molecule has 0 aliphatic heterocycles. The third kappa shape index (κ3) is 3.91. The van der Waals surface area contributed by atoms with E-state index in [4.69, 9.17) is 16.3 Å². The van der Waals surface area contributed by atoms with Gasteiger partial charge in [0.2, 0.25) is 0 Å². The van der Waals surface area contributed by atoms with Gasteiger partial charge in [-0.2, -0.15) is 0 Å². The second kappa shape index (κ2) is 6.35. The van der Waals surface area contributed by atoms with E-state index in [-0.39, 0.29) is 16.8 Å². The Morgan fingerprint density at radius 3 is 2.95 bits per heavy atom. The lowest BCUT2D eigenvalue weighted by Gasteiger charge is -2.26. The lowest BCUT2D eigenvalue weighted by atomic mass is 9.89. The van der Waals surface area contributed by atoms with Crippen LogP contribution in [0.2, 0.25) is 5.02 Å². The molecule has 2 rings (SSSR count). The number of hydrogen-bond donors (Lipinski definition) is 0. The third-order valence-corrected chi connectivity index (χ3v) is 3.90. The summed E-state index contributed by atoms with van der Waals surface area (Å²) in [7, 11) is 0. The van der Waals surface area contributed by atoms with E-state index in [1.807, 2.05) is 0 Å². The summed E-state index contributed by atoms with van der Waals surface area (Å²) < 4.78 is 5.85. The van der Waals surface area contributed by atoms with Gasteiger partial charge in [0.05, 0.1) is 17.6 Å². The van der Waals surface area contributed by atoms with Crippen LogP contribution in [0.1, 0.15) is 38.2 Å². The number of rotatable bonds is 4. The van der Waals surface area contributed by atoms with Gasteiger partial charge in [-0.15, -0.1) is 0 Å². The van der Waals surface area contributed by atoms with Gasteiger partial charge in [0, 0.05) is 6.07 Å². The highest BCUT2D eigenvalue weighted by molar-refractivity contribution is 6.32. The lowest BCUT2D eigenvalue weighted by Crippen LogP contribution is -2.21. The smallest absolute Gasteiger partial charge is 0.288 e. The molecular formula is C14H18ClNO3. The molecule has 0 saturated heterocycles. The second-order valence-electron chi connectivity index (χ2n) is 5.25. The fourth-order valence-electron chi connectivity index (χ4n) is 2.53. The first-order chi connectivity index (χ1) is 9.06. The van der Waals surface area contributed by atoms with Gasteiger partial charge in [-0.05, 0) is 30.4 Å². The average Bonchev–Trinajstić information content (AvgIpc) is 2.37. The molecule has 0 bridgehead atoms. The molecule has 5 heteroatoms. The largest absolute Gasteiger partial charge is 0.374 e. The van der Waals surface area contributed by atoms with Gasteiger partial charge in [-0.1, -0.05) is 37.4 Å². The number of nitrogens with zero attached hydrogens (tertiary/aromatic N) is 1. The quantitative estimate of drug-likeness (QED) is 0.610. The van der Waals surface area contributed by atoms with Crippen LogP contribution in [0.5, 0.6) is 0 Å². The molecule has 1 aromatic rings. The summed E-state index contributed by atoms with van der Waals surface area (Å²) in [6.07, 6.45) is 4.91. The van der Waals surface area contributed by atoms with Crippen LogP contribution in [0.3, 0.4) is 0 Å². The molecular weight excluding hydrogens is 266 g/mol. The summed E-state index contributed by atoms with van der Waals surface area (Å²) >= 11 is 5.78. The first kappa shape index (κ1) is 14.3. The summed E-state index contributed by atoms with van der Waals surface area (Å²) in [5.74, 6) is 0.707. The minimum atomic E-state index is -0.464. The fourth-order valence-corrected chi connectivity index (χ4v) is 2.72. The molecule has 19 heavy (non-hydrogen) atoms. The van der Waals surface area contributed by atoms with Crippen molar-refractivity contribution in [3.05, 3.63) is 38.9 Å². The standard InChI is InChI=1S/C14H18ClNO3/c1-10-3-2-4-12(7-10)19-9-11-5-6-13(15)14(8-11)16(17)18/h5-6,8,10,12H,2-4,7,9H2,1H3. The number of nitro groups is 1. The van der Waals surface area contributed by atoms with Gasteiger partial charge < -0.3 is 4.74 Å². The van der Waals surface area contributed by atoms with Crippen molar-refractivity contribution in [1.82, 2.24) is 0 Å². The van der Waals surface area contributed by atoms with Crippen molar-refractivity contribution < 1.29 is 9.66 Å². The van der Waals surface area contributed by atoms with E-state index >= 15 is 0 Å². The highest BCUT2D eigenvalue weighted by Crippen LogP contribution is 2.28. The lowest BCUT2D eigenvalue weighted by molar-refractivity contribution is -0.384. The molecule has 1 aliphatic carbocycles. The van der Waals surface area contributed by atoms with Crippen molar-refractivity contribution in [1.29, 1.82) is 0 Å². The fraction of sp³-hybridized carbons (Fsp3) is 0.571. The molecule has 104 valence electrons. The van der Waals surface area contributed by atoms with Crippen molar-refractivity contribution in [2.45, 2.75) is 45.3 Å². The van der Waals surface area contributed by atoms with E-state index in [0.717, 1.165) is 18.4 Å². The molecule has 0 aromatic heterocycles. The van der Waals surface area contributed by atoms with Crippen LogP contribution in [-0.4, -0.2) is 11.0 Å². The van der Waals surface area contributed by atoms with Crippen LogP contribution in [0.15, 0.2) is 18.2 Å². The number of benzene rings is 1. The molecule has 0 radical (unpaired) electrons. The predicted molar refractivity (Wildman–Crippen MR) is 74.3 cm³/mol. The maximum atomic E-state index is 10.8. The Morgan fingerprint density at radius 2 is 2.26 bits per heavy atom. The van der Waals surface area contributed by atoms with Gasteiger partial charge >= 0.3 is 0 Å². The minimum absolute atomic E-state index is 0.0558. The summed E-state index contributed by atoms with van der Waals surface area (Å²) in [6, 6.07) is 4.83. The summed E-state index contributed by atoms with van der Waals surface area (Å²) in [5, 5.41) is 11.0. The van der Waals surface area contributed by atoms with E-state index in [2.05, 4.69) is 6.92 Å². The molecule has 0 spiro atoms. The molecule has 1 fully saturated rings. The van der Waals surface area contributed by atoms with Crippen molar-refractivity contribution >= 4 is 17.3 Å². The first-order valence-corrected chi connectivity index (χ1v) is 6.98. The summed E-state index contributed by atoms with van der Waals surface area (Å²) in [5.41, 5.74) is 0.745. The Bertz CT molecular complexity index is 464. The van der Waals surface area contributed by atoms with Gasteiger partial charge in [0.15, 0.2) is 0 Å². The molecule has 0 N–H and O–H groups in total. The van der Waals surface area contributed by atoms with E-state index < -0.39 is 4.92 Å². The second-order valence-corrected chi connectivity index (χ2v) is 5.65. The Hall–Kier alpha value is -1.13. The molecule has 1 aliphatic rings. The van der Waals surface area contributed by atoms with Crippen molar-refractivity contribution in [2.75, 3.05) is 0 Å². The van der Waals surface area contributed by atoms with Gasteiger partial charge in [0.1, 0.15) is 5.02 Å². The first-order valence-electron chi connectivity index (χ1n) is 6.60. The SMILES string of the molecule is CC1CCCC(OCc2ccc(Cl)c([N+](=O)[O-])c2)C1. The van der Waals surface area contributed by atoms with Crippen molar-refractivity contribution in [2.24, 2.45) is 5.92 Å². The molecule has 2 atom stereocenters. The summed E-state index contributed by atoms with van der Waals surface area (Å²) in [4.78, 5) is 10.3. The number of nitro benzene ring substituents is 1. The predicted octanol–water partition coefficient (Wildman–Crippen LogP) is 4.34. The van der Waals surface area contributed by atoms with Crippen LogP contribution < -0.4 is 0 Å². The minimum Gasteiger partial charge on any atom is -0.374 e. The third-order valence-electron chi connectivity index (χ3n) is 3.58.